The van der Waals surface area contributed by atoms with Gasteiger partial charge in [-0.25, -0.2) is 0 Å². The van der Waals surface area contributed by atoms with E-state index in [9.17, 15) is 14.7 Å². The molecule has 4 heteroatoms. The van der Waals surface area contributed by atoms with E-state index in [-0.39, 0.29) is 5.56 Å². The van der Waals surface area contributed by atoms with Crippen LogP contribution in [-0.2, 0) is 11.8 Å². The summed E-state index contributed by atoms with van der Waals surface area (Å²) in [6, 6.07) is 6.85. The van der Waals surface area contributed by atoms with E-state index in [1.807, 2.05) is 0 Å². The van der Waals surface area contributed by atoms with Crippen molar-refractivity contribution in [1.29, 1.82) is 0 Å². The number of benzene rings is 1. The number of fused-ring (bicyclic) bond motifs is 1. The molecule has 1 heterocycles. The summed E-state index contributed by atoms with van der Waals surface area (Å²) in [5.41, 5.74) is -0.0700. The maximum absolute atomic E-state index is 11.5. The number of aromatic nitrogens is 1. The third-order valence-corrected chi connectivity index (χ3v) is 2.38. The lowest BCUT2D eigenvalue weighted by molar-refractivity contribution is 0.460. The number of carbonyl (C=O) groups excluding carboxylic acids is 1. The number of pyridine rings is 1. The standard InChI is InChI=1S/C11H8NO3/c1-12-9-5-3-2-4-7(9)8(6-13)10(14)11(12)15/h2-5,14H,1H3. The Bertz CT molecular complexity index is 599. The van der Waals surface area contributed by atoms with Gasteiger partial charge in [-0.05, 0) is 6.07 Å². The van der Waals surface area contributed by atoms with Crippen molar-refractivity contribution in [2.24, 2.45) is 7.05 Å². The Morgan fingerprint density at radius 1 is 1.33 bits per heavy atom. The molecular weight excluding hydrogens is 194 g/mol. The zero-order valence-corrected chi connectivity index (χ0v) is 8.02. The first kappa shape index (κ1) is 9.45. The Kier molecular flexibility index (Phi) is 2.04. The van der Waals surface area contributed by atoms with Gasteiger partial charge < -0.3 is 9.67 Å². The number of aromatic hydroxyl groups is 1. The normalized spacial score (nSPS) is 10.5. The van der Waals surface area contributed by atoms with Gasteiger partial charge in [0.05, 0.1) is 11.1 Å². The van der Waals surface area contributed by atoms with E-state index in [0.29, 0.717) is 10.9 Å². The number of para-hydroxylation sites is 1. The monoisotopic (exact) mass is 202 g/mol. The second-order valence-electron chi connectivity index (χ2n) is 3.21. The van der Waals surface area contributed by atoms with Gasteiger partial charge in [-0.1, -0.05) is 18.2 Å². The molecule has 0 bridgehead atoms. The minimum absolute atomic E-state index is 0.0753. The molecule has 0 aliphatic rings. The average Bonchev–Trinajstić information content (AvgIpc) is 2.27. The van der Waals surface area contributed by atoms with Gasteiger partial charge in [-0.15, -0.1) is 0 Å². The first-order chi connectivity index (χ1) is 7.16. The number of rotatable bonds is 1. The molecule has 1 N–H and O–H groups in total. The van der Waals surface area contributed by atoms with E-state index in [0.717, 1.165) is 0 Å². The van der Waals surface area contributed by atoms with Gasteiger partial charge in [0, 0.05) is 12.4 Å². The van der Waals surface area contributed by atoms with Crippen LogP contribution < -0.4 is 5.56 Å². The second kappa shape index (κ2) is 3.24. The van der Waals surface area contributed by atoms with Crippen molar-refractivity contribution in [3.8, 4) is 5.75 Å². The zero-order chi connectivity index (χ0) is 11.0. The topological polar surface area (TPSA) is 59.3 Å². The molecule has 1 aromatic carbocycles. The summed E-state index contributed by atoms with van der Waals surface area (Å²) < 4.78 is 1.30. The largest absolute Gasteiger partial charge is 0.502 e. The Labute approximate surface area is 85.4 Å². The highest BCUT2D eigenvalue weighted by Gasteiger charge is 2.13. The van der Waals surface area contributed by atoms with Crippen molar-refractivity contribution in [3.05, 3.63) is 40.2 Å². The zero-order valence-electron chi connectivity index (χ0n) is 8.02. The van der Waals surface area contributed by atoms with Crippen LogP contribution in [0.2, 0.25) is 0 Å². The van der Waals surface area contributed by atoms with Crippen LogP contribution in [0.25, 0.3) is 10.9 Å². The number of hydrogen-bond donors (Lipinski definition) is 1. The molecule has 2 rings (SSSR count). The summed E-state index contributed by atoms with van der Waals surface area (Å²) >= 11 is 0. The average molecular weight is 202 g/mol. The summed E-state index contributed by atoms with van der Waals surface area (Å²) in [4.78, 5) is 22.2. The molecule has 1 radical (unpaired) electrons. The summed E-state index contributed by atoms with van der Waals surface area (Å²) in [6.45, 7) is 0. The van der Waals surface area contributed by atoms with Crippen LogP contribution in [0.1, 0.15) is 5.56 Å². The van der Waals surface area contributed by atoms with Crippen LogP contribution in [0.4, 0.5) is 0 Å². The van der Waals surface area contributed by atoms with Crippen LogP contribution >= 0.6 is 0 Å². The molecule has 1 aromatic heterocycles. The molecule has 2 aromatic rings. The summed E-state index contributed by atoms with van der Waals surface area (Å²) in [7, 11) is 1.54. The molecule has 75 valence electrons. The molecule has 4 nitrogen and oxygen atoms in total. The molecule has 0 saturated heterocycles. The summed E-state index contributed by atoms with van der Waals surface area (Å²) in [6.07, 6.45) is 1.59. The molecule has 0 fully saturated rings. The second-order valence-corrected chi connectivity index (χ2v) is 3.21. The minimum Gasteiger partial charge on any atom is -0.502 e. The molecule has 0 unspecified atom stereocenters. The van der Waals surface area contributed by atoms with Crippen LogP contribution in [0, 0.1) is 0 Å². The first-order valence-corrected chi connectivity index (χ1v) is 4.35. The van der Waals surface area contributed by atoms with Gasteiger partial charge in [-0.3, -0.25) is 9.59 Å². The van der Waals surface area contributed by atoms with E-state index >= 15 is 0 Å². The molecule has 0 aliphatic heterocycles. The van der Waals surface area contributed by atoms with Crippen molar-refractivity contribution in [2.75, 3.05) is 0 Å². The van der Waals surface area contributed by atoms with Crippen LogP contribution in [-0.4, -0.2) is 16.0 Å². The van der Waals surface area contributed by atoms with E-state index in [4.69, 9.17) is 0 Å². The van der Waals surface area contributed by atoms with Gasteiger partial charge in [0.15, 0.2) is 5.75 Å². The Hall–Kier alpha value is -2.10. The van der Waals surface area contributed by atoms with E-state index in [1.54, 1.807) is 37.6 Å². The predicted octanol–water partition coefficient (Wildman–Crippen LogP) is 0.702. The fourth-order valence-corrected chi connectivity index (χ4v) is 1.58. The number of nitrogens with zero attached hydrogens (tertiary/aromatic N) is 1. The SMILES string of the molecule is Cn1c(=O)c(O)c([C]=O)c2ccccc21. The molecule has 15 heavy (non-hydrogen) atoms. The third-order valence-electron chi connectivity index (χ3n) is 2.38. The lowest BCUT2D eigenvalue weighted by Crippen LogP contribution is -2.18. The highest BCUT2D eigenvalue weighted by atomic mass is 16.3. The smallest absolute Gasteiger partial charge is 0.293 e. The quantitative estimate of drug-likeness (QED) is 0.740. The maximum Gasteiger partial charge on any atom is 0.293 e. The van der Waals surface area contributed by atoms with Crippen molar-refractivity contribution in [2.45, 2.75) is 0 Å². The Balaban J connectivity index is 3.11. The van der Waals surface area contributed by atoms with Crippen molar-refractivity contribution < 1.29 is 9.90 Å². The van der Waals surface area contributed by atoms with Crippen LogP contribution in [0.3, 0.4) is 0 Å². The van der Waals surface area contributed by atoms with Crippen molar-refractivity contribution in [1.82, 2.24) is 4.57 Å². The predicted molar refractivity (Wildman–Crippen MR) is 55.6 cm³/mol. The summed E-state index contributed by atoms with van der Waals surface area (Å²) in [5, 5.41) is 10.0. The van der Waals surface area contributed by atoms with Gasteiger partial charge in [0.25, 0.3) is 5.56 Å². The van der Waals surface area contributed by atoms with E-state index in [2.05, 4.69) is 0 Å². The fraction of sp³-hybridized carbons (Fsp3) is 0.0909. The molecule has 0 atom stereocenters. The van der Waals surface area contributed by atoms with Crippen molar-refractivity contribution >= 4 is 17.2 Å². The maximum atomic E-state index is 11.5. The molecule has 0 spiro atoms. The number of aryl methyl sites for hydroxylation is 1. The molecule has 0 aliphatic carbocycles. The number of hydrogen-bond acceptors (Lipinski definition) is 3. The molecule has 0 saturated carbocycles. The van der Waals surface area contributed by atoms with Crippen LogP contribution in [0.15, 0.2) is 29.1 Å². The lowest BCUT2D eigenvalue weighted by Gasteiger charge is -2.07. The Morgan fingerprint density at radius 3 is 2.67 bits per heavy atom. The van der Waals surface area contributed by atoms with Gasteiger partial charge >= 0.3 is 0 Å². The first-order valence-electron chi connectivity index (χ1n) is 4.35. The van der Waals surface area contributed by atoms with Crippen molar-refractivity contribution in [3.63, 3.8) is 0 Å². The summed E-state index contributed by atoms with van der Waals surface area (Å²) in [5.74, 6) is -0.550. The molecule has 0 amide bonds. The van der Waals surface area contributed by atoms with Crippen LogP contribution in [0.5, 0.6) is 5.75 Å². The minimum atomic E-state index is -0.591. The third kappa shape index (κ3) is 1.22. The molecular formula is C11H8NO3. The van der Waals surface area contributed by atoms with E-state index in [1.165, 1.54) is 4.57 Å². The van der Waals surface area contributed by atoms with E-state index < -0.39 is 11.3 Å². The highest BCUT2D eigenvalue weighted by molar-refractivity contribution is 5.99. The van der Waals surface area contributed by atoms with Gasteiger partial charge in [0.1, 0.15) is 0 Å². The fourth-order valence-electron chi connectivity index (χ4n) is 1.58. The Morgan fingerprint density at radius 2 is 2.00 bits per heavy atom. The van der Waals surface area contributed by atoms with Gasteiger partial charge in [0.2, 0.25) is 6.29 Å². The van der Waals surface area contributed by atoms with Gasteiger partial charge in [-0.2, -0.15) is 0 Å². The highest BCUT2D eigenvalue weighted by Crippen LogP contribution is 2.20. The lowest BCUT2D eigenvalue weighted by atomic mass is 10.1.